The largest absolute Gasteiger partial charge is 0.408 e. The van der Waals surface area contributed by atoms with E-state index in [4.69, 9.17) is 5.21 Å². The Hall–Kier alpha value is -1.19. The van der Waals surface area contributed by atoms with Gasteiger partial charge in [0.1, 0.15) is 0 Å². The van der Waals surface area contributed by atoms with Gasteiger partial charge in [0.25, 0.3) is 0 Å². The normalized spacial score (nSPS) is 9.56. The van der Waals surface area contributed by atoms with E-state index in [-0.39, 0.29) is 0 Å². The predicted molar refractivity (Wildman–Crippen MR) is 31.7 cm³/mol. The van der Waals surface area contributed by atoms with E-state index in [1.807, 2.05) is 26.5 Å². The summed E-state index contributed by atoms with van der Waals surface area (Å²) in [5.41, 5.74) is 0.537. The highest BCUT2D eigenvalue weighted by Crippen LogP contribution is 1.74. The molecule has 0 radical (unpaired) electrons. The highest BCUT2D eigenvalue weighted by Gasteiger charge is 1.89. The maximum absolute atomic E-state index is 8.37. The van der Waals surface area contributed by atoms with E-state index in [1.165, 1.54) is 0 Å². The van der Waals surface area contributed by atoms with Crippen molar-refractivity contribution in [3.63, 3.8) is 0 Å². The Morgan fingerprint density at radius 2 is 1.78 bits per heavy atom. The van der Waals surface area contributed by atoms with Crippen molar-refractivity contribution in [1.82, 2.24) is 9.13 Å². The molecule has 0 bridgehead atoms. The molecular weight excluding hydrogens is 118 g/mol. The first kappa shape index (κ1) is 5.94. The molecule has 4 heteroatoms. The van der Waals surface area contributed by atoms with Crippen LogP contribution in [0.3, 0.4) is 0 Å². The molecule has 9 heavy (non-hydrogen) atoms. The molecule has 1 rings (SSSR count). The van der Waals surface area contributed by atoms with Crippen LogP contribution in [0.4, 0.5) is 0 Å². The number of rotatable bonds is 0. The Kier molecular flexibility index (Phi) is 1.30. The van der Waals surface area contributed by atoms with Crippen molar-refractivity contribution in [2.24, 2.45) is 19.3 Å². The molecule has 0 spiro atoms. The van der Waals surface area contributed by atoms with Gasteiger partial charge in [-0.05, 0) is 0 Å². The van der Waals surface area contributed by atoms with Crippen LogP contribution in [-0.4, -0.2) is 14.3 Å². The third-order valence-corrected chi connectivity index (χ3v) is 1.23. The van der Waals surface area contributed by atoms with Gasteiger partial charge in [-0.1, -0.05) is 5.16 Å². The van der Waals surface area contributed by atoms with Gasteiger partial charge >= 0.3 is 0 Å². The van der Waals surface area contributed by atoms with Gasteiger partial charge < -0.3 is 14.3 Å². The first-order valence-electron chi connectivity index (χ1n) is 2.61. The summed E-state index contributed by atoms with van der Waals surface area (Å²) in [5, 5.41) is 11.4. The number of aromatic nitrogens is 2. The fourth-order valence-corrected chi connectivity index (χ4v) is 0.723. The lowest BCUT2D eigenvalue weighted by atomic mass is 10.9. The second-order valence-corrected chi connectivity index (χ2v) is 1.92. The van der Waals surface area contributed by atoms with E-state index in [9.17, 15) is 0 Å². The van der Waals surface area contributed by atoms with Crippen LogP contribution < -0.4 is 5.62 Å². The summed E-state index contributed by atoms with van der Waals surface area (Å²) in [5.74, 6) is 0. The quantitative estimate of drug-likeness (QED) is 0.376. The monoisotopic (exact) mass is 127 g/mol. The van der Waals surface area contributed by atoms with Crippen LogP contribution in [0.2, 0.25) is 0 Å². The molecule has 0 aromatic carbocycles. The average molecular weight is 127 g/mol. The molecule has 0 saturated carbocycles. The van der Waals surface area contributed by atoms with Crippen LogP contribution in [0.1, 0.15) is 0 Å². The van der Waals surface area contributed by atoms with E-state index >= 15 is 0 Å². The fraction of sp³-hybridized carbons (Fsp3) is 0.400. The Bertz CT molecular complexity index is 235. The summed E-state index contributed by atoms with van der Waals surface area (Å²) in [6.45, 7) is 0. The Morgan fingerprint density at radius 1 is 1.33 bits per heavy atom. The number of nitrogens with zero attached hydrogens (tertiary/aromatic N) is 3. The van der Waals surface area contributed by atoms with Gasteiger partial charge in [0.15, 0.2) is 0 Å². The summed E-state index contributed by atoms with van der Waals surface area (Å²) in [6, 6.07) is 0. The summed E-state index contributed by atoms with van der Waals surface area (Å²) < 4.78 is 3.44. The number of aryl methyl sites for hydroxylation is 2. The standard InChI is InChI=1S/C5H9N3O/c1-7-3-4-8(2)5(7)6-9/h3-4,9H,1-2H3. The van der Waals surface area contributed by atoms with Crippen LogP contribution in [-0.2, 0) is 14.1 Å². The van der Waals surface area contributed by atoms with Gasteiger partial charge in [-0.15, -0.1) is 0 Å². The van der Waals surface area contributed by atoms with E-state index in [2.05, 4.69) is 5.16 Å². The zero-order valence-electron chi connectivity index (χ0n) is 5.44. The van der Waals surface area contributed by atoms with Gasteiger partial charge in [-0.25, -0.2) is 0 Å². The van der Waals surface area contributed by atoms with Crippen LogP contribution in [0, 0.1) is 0 Å². The highest BCUT2D eigenvalue weighted by molar-refractivity contribution is 4.75. The molecule has 1 heterocycles. The van der Waals surface area contributed by atoms with Crippen molar-refractivity contribution in [2.75, 3.05) is 0 Å². The summed E-state index contributed by atoms with van der Waals surface area (Å²) in [4.78, 5) is 0. The van der Waals surface area contributed by atoms with Crippen LogP contribution >= 0.6 is 0 Å². The van der Waals surface area contributed by atoms with E-state index in [0.29, 0.717) is 5.62 Å². The van der Waals surface area contributed by atoms with Crippen LogP contribution in [0.5, 0.6) is 0 Å². The highest BCUT2D eigenvalue weighted by atomic mass is 16.4. The smallest absolute Gasteiger partial charge is 0.246 e. The lowest BCUT2D eigenvalue weighted by Crippen LogP contribution is -2.21. The third-order valence-electron chi connectivity index (χ3n) is 1.23. The topological polar surface area (TPSA) is 42.5 Å². The molecule has 0 aliphatic rings. The van der Waals surface area contributed by atoms with Crippen LogP contribution in [0.25, 0.3) is 0 Å². The minimum atomic E-state index is 0.537. The molecule has 0 aliphatic carbocycles. The Labute approximate surface area is 52.7 Å². The second kappa shape index (κ2) is 1.97. The van der Waals surface area contributed by atoms with Gasteiger partial charge in [0.2, 0.25) is 5.62 Å². The molecule has 4 nitrogen and oxygen atoms in total. The zero-order valence-corrected chi connectivity index (χ0v) is 5.44. The molecule has 0 unspecified atom stereocenters. The molecular formula is C5H9N3O. The minimum absolute atomic E-state index is 0.537. The number of imidazole rings is 1. The third kappa shape index (κ3) is 0.826. The van der Waals surface area contributed by atoms with Crippen molar-refractivity contribution >= 4 is 0 Å². The second-order valence-electron chi connectivity index (χ2n) is 1.92. The van der Waals surface area contributed by atoms with Gasteiger partial charge in [-0.3, -0.25) is 0 Å². The molecule has 0 atom stereocenters. The predicted octanol–water partition coefficient (Wildman–Crippen LogP) is -0.347. The van der Waals surface area contributed by atoms with Crippen molar-refractivity contribution in [3.8, 4) is 0 Å². The lowest BCUT2D eigenvalue weighted by Gasteiger charge is -1.88. The maximum Gasteiger partial charge on any atom is 0.246 e. The van der Waals surface area contributed by atoms with Gasteiger partial charge in [-0.2, -0.15) is 0 Å². The molecule has 0 aliphatic heterocycles. The Balaban J connectivity index is 3.42. The van der Waals surface area contributed by atoms with Gasteiger partial charge in [0.05, 0.1) is 0 Å². The van der Waals surface area contributed by atoms with E-state index in [1.54, 1.807) is 9.13 Å². The zero-order chi connectivity index (χ0) is 6.85. The number of hydrogen-bond acceptors (Lipinski definition) is 2. The fourth-order valence-electron chi connectivity index (χ4n) is 0.723. The summed E-state index contributed by atoms with van der Waals surface area (Å²) in [6.07, 6.45) is 3.63. The summed E-state index contributed by atoms with van der Waals surface area (Å²) in [7, 11) is 3.63. The van der Waals surface area contributed by atoms with Crippen molar-refractivity contribution < 1.29 is 5.21 Å². The molecule has 1 aromatic rings. The van der Waals surface area contributed by atoms with Gasteiger partial charge in [0, 0.05) is 26.5 Å². The molecule has 0 fully saturated rings. The minimum Gasteiger partial charge on any atom is -0.408 e. The maximum atomic E-state index is 8.37. The first-order valence-corrected chi connectivity index (χ1v) is 2.61. The molecule has 0 amide bonds. The lowest BCUT2D eigenvalue weighted by molar-refractivity contribution is 0.287. The average Bonchev–Trinajstić information content (AvgIpc) is 2.12. The SMILES string of the molecule is Cn1ccn(C)c1=NO. The van der Waals surface area contributed by atoms with Crippen LogP contribution in [0.15, 0.2) is 17.5 Å². The number of hydrogen-bond donors (Lipinski definition) is 1. The van der Waals surface area contributed by atoms with E-state index in [0.717, 1.165) is 0 Å². The van der Waals surface area contributed by atoms with Crippen molar-refractivity contribution in [3.05, 3.63) is 18.0 Å². The molecule has 1 N–H and O–H groups in total. The first-order chi connectivity index (χ1) is 4.25. The molecule has 0 saturated heterocycles. The van der Waals surface area contributed by atoms with Crippen molar-refractivity contribution in [2.45, 2.75) is 0 Å². The molecule has 1 aromatic heterocycles. The van der Waals surface area contributed by atoms with Crippen molar-refractivity contribution in [1.29, 1.82) is 0 Å². The Morgan fingerprint density at radius 3 is 2.00 bits per heavy atom. The molecule has 50 valence electrons. The van der Waals surface area contributed by atoms with E-state index < -0.39 is 0 Å². The summed E-state index contributed by atoms with van der Waals surface area (Å²) >= 11 is 0.